The molecule has 4 heteroatoms. The summed E-state index contributed by atoms with van der Waals surface area (Å²) in [5, 5.41) is 10.4. The Kier molecular flexibility index (Phi) is 5.59. The Balaban J connectivity index is 3.99. The maximum absolute atomic E-state index is 11.0. The number of carbonyl (C=O) groups excluding carboxylic acids is 2. The molecular formula is C9H13O4-. The summed E-state index contributed by atoms with van der Waals surface area (Å²) in [7, 11) is 0. The third-order valence-corrected chi connectivity index (χ3v) is 1.53. The molecule has 4 nitrogen and oxygen atoms in total. The van der Waals surface area contributed by atoms with Crippen LogP contribution in [-0.4, -0.2) is 18.5 Å². The molecule has 0 spiro atoms. The van der Waals surface area contributed by atoms with Crippen LogP contribution in [-0.2, 0) is 14.3 Å². The van der Waals surface area contributed by atoms with Crippen molar-refractivity contribution in [1.29, 1.82) is 0 Å². The number of aliphatic carboxylic acids is 1. The molecule has 0 N–H and O–H groups in total. The van der Waals surface area contributed by atoms with Crippen LogP contribution >= 0.6 is 0 Å². The van der Waals surface area contributed by atoms with Gasteiger partial charge in [-0.25, -0.2) is 0 Å². The summed E-state index contributed by atoms with van der Waals surface area (Å²) in [6, 6.07) is 0. The average Bonchev–Trinajstić information content (AvgIpc) is 2.05. The van der Waals surface area contributed by atoms with Crippen LogP contribution in [0.1, 0.15) is 20.3 Å². The molecule has 0 fully saturated rings. The summed E-state index contributed by atoms with van der Waals surface area (Å²) in [6.45, 7) is 3.49. The highest BCUT2D eigenvalue weighted by atomic mass is 16.5. The van der Waals surface area contributed by atoms with Gasteiger partial charge < -0.3 is 14.6 Å². The molecule has 13 heavy (non-hydrogen) atoms. The zero-order valence-corrected chi connectivity index (χ0v) is 7.78. The maximum atomic E-state index is 11.0. The highest BCUT2D eigenvalue weighted by molar-refractivity contribution is 5.92. The van der Waals surface area contributed by atoms with Gasteiger partial charge in [0.15, 0.2) is 0 Å². The number of allylic oxidation sites excluding steroid dienone is 1. The third kappa shape index (κ3) is 4.30. The molecule has 0 aliphatic heterocycles. The number of esters is 1. The summed E-state index contributed by atoms with van der Waals surface area (Å²) in [5.74, 6) is -3.26. The Hall–Kier alpha value is -1.32. The number of rotatable bonds is 5. The monoisotopic (exact) mass is 185 g/mol. The van der Waals surface area contributed by atoms with Gasteiger partial charge in [0, 0.05) is 0 Å². The summed E-state index contributed by atoms with van der Waals surface area (Å²) >= 11 is 0. The lowest BCUT2D eigenvalue weighted by Gasteiger charge is -2.13. The van der Waals surface area contributed by atoms with Gasteiger partial charge in [-0.2, -0.15) is 0 Å². The highest BCUT2D eigenvalue weighted by Gasteiger charge is 2.18. The molecule has 0 amide bonds. The predicted molar refractivity (Wildman–Crippen MR) is 44.6 cm³/mol. The van der Waals surface area contributed by atoms with Gasteiger partial charge in [0.05, 0.1) is 11.9 Å². The average molecular weight is 185 g/mol. The van der Waals surface area contributed by atoms with Crippen molar-refractivity contribution >= 4 is 11.9 Å². The first-order chi connectivity index (χ1) is 6.13. The Morgan fingerprint density at radius 1 is 1.54 bits per heavy atom. The lowest BCUT2D eigenvalue weighted by Crippen LogP contribution is -2.36. The van der Waals surface area contributed by atoms with E-state index in [4.69, 9.17) is 0 Å². The molecule has 0 heterocycles. The molecule has 0 aliphatic rings. The molecule has 0 rings (SSSR count). The minimum absolute atomic E-state index is 0.110. The fourth-order valence-corrected chi connectivity index (χ4v) is 0.757. The van der Waals surface area contributed by atoms with Crippen LogP contribution in [0, 0.1) is 5.92 Å². The number of hydrogen-bond donors (Lipinski definition) is 0. The van der Waals surface area contributed by atoms with Crippen molar-refractivity contribution in [2.45, 2.75) is 20.3 Å². The molecule has 0 aliphatic carbocycles. The third-order valence-electron chi connectivity index (χ3n) is 1.53. The first kappa shape index (κ1) is 11.7. The summed E-state index contributed by atoms with van der Waals surface area (Å²) in [6.07, 6.45) is 3.53. The summed E-state index contributed by atoms with van der Waals surface area (Å²) in [5.41, 5.74) is 0. The first-order valence-electron chi connectivity index (χ1n) is 4.12. The smallest absolute Gasteiger partial charge is 0.314 e. The van der Waals surface area contributed by atoms with Crippen molar-refractivity contribution in [2.24, 2.45) is 5.92 Å². The minimum Gasteiger partial charge on any atom is -0.549 e. The number of carbonyl (C=O) groups is 2. The molecule has 0 saturated heterocycles. The van der Waals surface area contributed by atoms with Crippen molar-refractivity contribution < 1.29 is 19.4 Å². The number of ether oxygens (including phenoxy) is 1. The van der Waals surface area contributed by atoms with Crippen LogP contribution in [0.2, 0.25) is 0 Å². The van der Waals surface area contributed by atoms with Gasteiger partial charge in [0.25, 0.3) is 0 Å². The number of carboxylic acids is 1. The van der Waals surface area contributed by atoms with E-state index in [0.29, 0.717) is 0 Å². The summed E-state index contributed by atoms with van der Waals surface area (Å²) < 4.78 is 4.65. The molecule has 0 aromatic carbocycles. The van der Waals surface area contributed by atoms with E-state index in [-0.39, 0.29) is 13.0 Å². The zero-order chi connectivity index (χ0) is 10.3. The number of hydrogen-bond acceptors (Lipinski definition) is 4. The van der Waals surface area contributed by atoms with Gasteiger partial charge in [-0.1, -0.05) is 19.1 Å². The fourth-order valence-electron chi connectivity index (χ4n) is 0.757. The van der Waals surface area contributed by atoms with Crippen LogP contribution in [0.15, 0.2) is 12.2 Å². The van der Waals surface area contributed by atoms with E-state index in [9.17, 15) is 14.7 Å². The van der Waals surface area contributed by atoms with E-state index < -0.39 is 17.9 Å². The second-order valence-corrected chi connectivity index (χ2v) is 2.48. The lowest BCUT2D eigenvalue weighted by molar-refractivity contribution is -0.310. The quantitative estimate of drug-likeness (QED) is 0.340. The second kappa shape index (κ2) is 6.22. The Morgan fingerprint density at radius 3 is 2.54 bits per heavy atom. The van der Waals surface area contributed by atoms with E-state index >= 15 is 0 Å². The van der Waals surface area contributed by atoms with Gasteiger partial charge in [0.2, 0.25) is 0 Å². The van der Waals surface area contributed by atoms with E-state index in [1.807, 2.05) is 0 Å². The lowest BCUT2D eigenvalue weighted by atomic mass is 10.1. The van der Waals surface area contributed by atoms with E-state index in [1.54, 1.807) is 26.0 Å². The van der Waals surface area contributed by atoms with E-state index in [0.717, 1.165) is 0 Å². The maximum Gasteiger partial charge on any atom is 0.314 e. The van der Waals surface area contributed by atoms with Crippen molar-refractivity contribution in [1.82, 2.24) is 0 Å². The standard InChI is InChI=1S/C9H14O4/c1-3-5-6-13-9(12)7(4-2)8(10)11/h3,5,7H,4,6H2,1-2H3,(H,10,11)/p-1. The molecule has 0 radical (unpaired) electrons. The van der Waals surface area contributed by atoms with Crippen LogP contribution in [0.4, 0.5) is 0 Å². The largest absolute Gasteiger partial charge is 0.549 e. The van der Waals surface area contributed by atoms with E-state index in [2.05, 4.69) is 4.74 Å². The first-order valence-corrected chi connectivity index (χ1v) is 4.12. The molecule has 0 aromatic rings. The molecular weight excluding hydrogens is 172 g/mol. The fraction of sp³-hybridized carbons (Fsp3) is 0.556. The van der Waals surface area contributed by atoms with Crippen LogP contribution in [0.3, 0.4) is 0 Å². The minimum atomic E-state index is -1.38. The Bertz CT molecular complexity index is 208. The number of carboxylic acid groups (broad SMARTS) is 1. The van der Waals surface area contributed by atoms with E-state index in [1.165, 1.54) is 0 Å². The Labute approximate surface area is 77.2 Å². The van der Waals surface area contributed by atoms with Gasteiger partial charge in [-0.3, -0.25) is 4.79 Å². The van der Waals surface area contributed by atoms with Crippen molar-refractivity contribution in [3.05, 3.63) is 12.2 Å². The van der Waals surface area contributed by atoms with Gasteiger partial charge in [0.1, 0.15) is 6.61 Å². The molecule has 0 aromatic heterocycles. The van der Waals surface area contributed by atoms with Crippen molar-refractivity contribution in [3.8, 4) is 0 Å². The molecule has 74 valence electrons. The molecule has 0 saturated carbocycles. The Morgan fingerprint density at radius 2 is 2.15 bits per heavy atom. The molecule has 0 bridgehead atoms. The zero-order valence-electron chi connectivity index (χ0n) is 7.78. The van der Waals surface area contributed by atoms with Crippen LogP contribution in [0.5, 0.6) is 0 Å². The topological polar surface area (TPSA) is 66.4 Å². The SMILES string of the molecule is CC=CCOC(=O)C(CC)C(=O)[O-]. The van der Waals surface area contributed by atoms with Crippen molar-refractivity contribution in [2.75, 3.05) is 6.61 Å². The second-order valence-electron chi connectivity index (χ2n) is 2.48. The van der Waals surface area contributed by atoms with Crippen LogP contribution in [0.25, 0.3) is 0 Å². The van der Waals surface area contributed by atoms with Gasteiger partial charge >= 0.3 is 5.97 Å². The molecule has 1 unspecified atom stereocenters. The van der Waals surface area contributed by atoms with Crippen molar-refractivity contribution in [3.63, 3.8) is 0 Å². The normalized spacial score (nSPS) is 12.8. The highest BCUT2D eigenvalue weighted by Crippen LogP contribution is 2.03. The summed E-state index contributed by atoms with van der Waals surface area (Å²) in [4.78, 5) is 21.4. The van der Waals surface area contributed by atoms with Gasteiger partial charge in [-0.15, -0.1) is 0 Å². The van der Waals surface area contributed by atoms with Crippen LogP contribution < -0.4 is 5.11 Å². The molecule has 1 atom stereocenters. The van der Waals surface area contributed by atoms with Gasteiger partial charge in [-0.05, 0) is 13.3 Å². The predicted octanol–water partition coefficient (Wildman–Crippen LogP) is -0.118.